The van der Waals surface area contributed by atoms with E-state index < -0.39 is 5.97 Å². The van der Waals surface area contributed by atoms with Crippen LogP contribution >= 0.6 is 0 Å². The van der Waals surface area contributed by atoms with Crippen molar-refractivity contribution in [1.82, 2.24) is 9.80 Å². The van der Waals surface area contributed by atoms with E-state index in [0.29, 0.717) is 0 Å². The average Bonchev–Trinajstić information content (AvgIpc) is 2.13. The minimum absolute atomic E-state index is 0.124. The van der Waals surface area contributed by atoms with E-state index in [4.69, 9.17) is 5.11 Å². The second-order valence-corrected chi connectivity index (χ2v) is 3.40. The Hall–Kier alpha value is -1.26. The predicted molar refractivity (Wildman–Crippen MR) is 53.2 cm³/mol. The number of hydrogen-bond acceptors (Lipinski definition) is 2. The van der Waals surface area contributed by atoms with Crippen LogP contribution in [0.1, 0.15) is 20.3 Å². The lowest BCUT2D eigenvalue weighted by atomic mass is 10.2. The molecular formula is C9H18N2O3. The molecule has 0 aromatic carbocycles. The van der Waals surface area contributed by atoms with Crippen LogP contribution in [0.5, 0.6) is 0 Å². The van der Waals surface area contributed by atoms with Gasteiger partial charge in [-0.15, -0.1) is 0 Å². The highest BCUT2D eigenvalue weighted by molar-refractivity contribution is 5.79. The topological polar surface area (TPSA) is 60.9 Å². The molecule has 0 rings (SSSR count). The molecule has 1 atom stereocenters. The van der Waals surface area contributed by atoms with Crippen molar-refractivity contribution >= 4 is 12.0 Å². The Morgan fingerprint density at radius 3 is 2.21 bits per heavy atom. The van der Waals surface area contributed by atoms with Gasteiger partial charge in [-0.1, -0.05) is 6.92 Å². The number of amides is 2. The third-order valence-electron chi connectivity index (χ3n) is 2.25. The molecule has 0 radical (unpaired) electrons. The zero-order valence-corrected chi connectivity index (χ0v) is 9.15. The lowest BCUT2D eigenvalue weighted by Crippen LogP contribution is -2.44. The molecule has 14 heavy (non-hydrogen) atoms. The maximum absolute atomic E-state index is 11.6. The molecule has 0 spiro atoms. The van der Waals surface area contributed by atoms with Crippen molar-refractivity contribution in [2.45, 2.75) is 26.3 Å². The van der Waals surface area contributed by atoms with Crippen molar-refractivity contribution in [1.29, 1.82) is 0 Å². The number of likely N-dealkylation sites (N-methyl/N-ethyl adjacent to an activating group) is 1. The first-order valence-corrected chi connectivity index (χ1v) is 4.59. The number of aliphatic carboxylic acids is 1. The lowest BCUT2D eigenvalue weighted by Gasteiger charge is -2.28. The van der Waals surface area contributed by atoms with Gasteiger partial charge in [0.15, 0.2) is 0 Å². The maximum Gasteiger partial charge on any atom is 0.323 e. The fraction of sp³-hybridized carbons (Fsp3) is 0.778. The number of carbonyl (C=O) groups is 2. The number of carboxylic acid groups (broad SMARTS) is 1. The zero-order chi connectivity index (χ0) is 11.3. The zero-order valence-electron chi connectivity index (χ0n) is 9.15. The molecule has 1 N–H and O–H groups in total. The van der Waals surface area contributed by atoms with Gasteiger partial charge in [-0.3, -0.25) is 4.79 Å². The lowest BCUT2D eigenvalue weighted by molar-refractivity contribution is -0.137. The molecule has 0 aliphatic carbocycles. The summed E-state index contributed by atoms with van der Waals surface area (Å²) in [5.74, 6) is -1.00. The summed E-state index contributed by atoms with van der Waals surface area (Å²) in [7, 11) is 3.16. The van der Waals surface area contributed by atoms with Crippen LogP contribution in [-0.2, 0) is 4.79 Å². The van der Waals surface area contributed by atoms with Crippen LogP contribution in [0.4, 0.5) is 4.79 Å². The van der Waals surface area contributed by atoms with E-state index in [1.165, 1.54) is 11.9 Å². The molecular weight excluding hydrogens is 184 g/mol. The predicted octanol–water partition coefficient (Wildman–Crippen LogP) is 0.853. The quantitative estimate of drug-likeness (QED) is 0.735. The molecule has 0 heterocycles. The standard InChI is InChI=1S/C9H18N2O3/c1-5-7(2)11(4)9(14)10(3)6-8(12)13/h7H,5-6H2,1-4H3,(H,12,13). The van der Waals surface area contributed by atoms with Gasteiger partial charge in [0.1, 0.15) is 6.54 Å². The van der Waals surface area contributed by atoms with E-state index in [9.17, 15) is 9.59 Å². The number of rotatable bonds is 4. The fourth-order valence-electron chi connectivity index (χ4n) is 1.00. The molecule has 2 amide bonds. The number of urea groups is 1. The molecule has 0 saturated heterocycles. The molecule has 0 bridgehead atoms. The fourth-order valence-corrected chi connectivity index (χ4v) is 1.00. The monoisotopic (exact) mass is 202 g/mol. The van der Waals surface area contributed by atoms with E-state index in [2.05, 4.69) is 0 Å². The number of carboxylic acids is 1. The van der Waals surface area contributed by atoms with Crippen LogP contribution in [0.2, 0.25) is 0 Å². The molecule has 0 aliphatic rings. The average molecular weight is 202 g/mol. The van der Waals surface area contributed by atoms with Crippen LogP contribution < -0.4 is 0 Å². The second kappa shape index (κ2) is 5.47. The third-order valence-corrected chi connectivity index (χ3v) is 2.25. The van der Waals surface area contributed by atoms with Crippen molar-refractivity contribution in [3.63, 3.8) is 0 Å². The van der Waals surface area contributed by atoms with E-state index >= 15 is 0 Å². The third kappa shape index (κ3) is 3.64. The SMILES string of the molecule is CCC(C)N(C)C(=O)N(C)CC(=O)O. The first kappa shape index (κ1) is 12.7. The molecule has 82 valence electrons. The Bertz CT molecular complexity index is 218. The van der Waals surface area contributed by atoms with Crippen LogP contribution in [0.3, 0.4) is 0 Å². The molecule has 0 fully saturated rings. The summed E-state index contributed by atoms with van der Waals surface area (Å²) in [5.41, 5.74) is 0. The molecule has 0 aliphatic heterocycles. The molecule has 5 heteroatoms. The van der Waals surface area contributed by atoms with E-state index in [1.807, 2.05) is 13.8 Å². The summed E-state index contributed by atoms with van der Waals surface area (Å²) in [6.07, 6.45) is 0.850. The smallest absolute Gasteiger partial charge is 0.323 e. The van der Waals surface area contributed by atoms with Crippen molar-refractivity contribution in [2.75, 3.05) is 20.6 Å². The van der Waals surface area contributed by atoms with Gasteiger partial charge in [0, 0.05) is 20.1 Å². The first-order chi connectivity index (χ1) is 6.40. The van der Waals surface area contributed by atoms with Gasteiger partial charge < -0.3 is 14.9 Å². The van der Waals surface area contributed by atoms with Gasteiger partial charge >= 0.3 is 12.0 Å². The van der Waals surface area contributed by atoms with Gasteiger partial charge in [0.05, 0.1) is 0 Å². The van der Waals surface area contributed by atoms with Gasteiger partial charge in [0.2, 0.25) is 0 Å². The summed E-state index contributed by atoms with van der Waals surface area (Å²) < 4.78 is 0. The molecule has 0 saturated carbocycles. The minimum Gasteiger partial charge on any atom is -0.480 e. The van der Waals surface area contributed by atoms with Gasteiger partial charge in [-0.05, 0) is 13.3 Å². The van der Waals surface area contributed by atoms with E-state index in [-0.39, 0.29) is 18.6 Å². The van der Waals surface area contributed by atoms with Crippen molar-refractivity contribution in [2.24, 2.45) is 0 Å². The summed E-state index contributed by atoms with van der Waals surface area (Å²) in [4.78, 5) is 24.7. The van der Waals surface area contributed by atoms with Crippen molar-refractivity contribution in [3.05, 3.63) is 0 Å². The van der Waals surface area contributed by atoms with Crippen LogP contribution in [-0.4, -0.2) is 53.6 Å². The minimum atomic E-state index is -1.00. The number of hydrogen-bond donors (Lipinski definition) is 1. The van der Waals surface area contributed by atoms with E-state index in [1.54, 1.807) is 11.9 Å². The van der Waals surface area contributed by atoms with Crippen LogP contribution in [0, 0.1) is 0 Å². The highest BCUT2D eigenvalue weighted by Gasteiger charge is 2.19. The normalized spacial score (nSPS) is 12.0. The molecule has 0 aromatic rings. The number of nitrogens with zero attached hydrogens (tertiary/aromatic N) is 2. The largest absolute Gasteiger partial charge is 0.480 e. The first-order valence-electron chi connectivity index (χ1n) is 4.59. The van der Waals surface area contributed by atoms with Gasteiger partial charge in [-0.25, -0.2) is 4.79 Å². The van der Waals surface area contributed by atoms with Crippen LogP contribution in [0.25, 0.3) is 0 Å². The Kier molecular flexibility index (Phi) is 4.97. The Labute approximate surface area is 84.3 Å². The summed E-state index contributed by atoms with van der Waals surface area (Å²) >= 11 is 0. The van der Waals surface area contributed by atoms with Crippen molar-refractivity contribution in [3.8, 4) is 0 Å². The summed E-state index contributed by atoms with van der Waals surface area (Å²) in [6.45, 7) is 3.64. The van der Waals surface area contributed by atoms with Crippen LogP contribution in [0.15, 0.2) is 0 Å². The number of carbonyl (C=O) groups excluding carboxylic acids is 1. The van der Waals surface area contributed by atoms with Gasteiger partial charge in [-0.2, -0.15) is 0 Å². The highest BCUT2D eigenvalue weighted by atomic mass is 16.4. The molecule has 5 nitrogen and oxygen atoms in total. The molecule has 1 unspecified atom stereocenters. The second-order valence-electron chi connectivity index (χ2n) is 3.40. The Morgan fingerprint density at radius 1 is 1.36 bits per heavy atom. The summed E-state index contributed by atoms with van der Waals surface area (Å²) in [5, 5.41) is 8.50. The van der Waals surface area contributed by atoms with Crippen molar-refractivity contribution < 1.29 is 14.7 Å². The summed E-state index contributed by atoms with van der Waals surface area (Å²) in [6, 6.07) is -0.138. The van der Waals surface area contributed by atoms with Gasteiger partial charge in [0.25, 0.3) is 0 Å². The molecule has 0 aromatic heterocycles. The highest BCUT2D eigenvalue weighted by Crippen LogP contribution is 2.03. The Morgan fingerprint density at radius 2 is 1.86 bits per heavy atom. The Balaban J connectivity index is 4.23. The van der Waals surface area contributed by atoms with E-state index in [0.717, 1.165) is 6.42 Å². The maximum atomic E-state index is 11.6.